The zero-order valence-electron chi connectivity index (χ0n) is 10.6. The molecule has 0 saturated heterocycles. The second-order valence-corrected chi connectivity index (χ2v) is 5.43. The van der Waals surface area contributed by atoms with Gasteiger partial charge in [0, 0.05) is 30.6 Å². The molecular weight excluding hydrogens is 260 g/mol. The fourth-order valence-corrected chi connectivity index (χ4v) is 2.93. The Balaban J connectivity index is 2.01. The summed E-state index contributed by atoms with van der Waals surface area (Å²) in [6, 6.07) is 5.85. The first-order valence-corrected chi connectivity index (χ1v) is 6.80. The van der Waals surface area contributed by atoms with Gasteiger partial charge in [0.15, 0.2) is 10.8 Å². The monoisotopic (exact) mass is 272 g/mol. The topological polar surface area (TPSA) is 50.3 Å². The van der Waals surface area contributed by atoms with Crippen LogP contribution < -0.4 is 4.90 Å². The molecule has 1 amide bonds. The van der Waals surface area contributed by atoms with Crippen molar-refractivity contribution >= 4 is 28.7 Å². The van der Waals surface area contributed by atoms with Gasteiger partial charge in [-0.15, -0.1) is 11.3 Å². The van der Waals surface area contributed by atoms with Gasteiger partial charge in [-0.05, 0) is 17.7 Å². The van der Waals surface area contributed by atoms with E-state index >= 15 is 0 Å². The average Bonchev–Trinajstić information content (AvgIpc) is 2.96. The lowest BCUT2D eigenvalue weighted by Crippen LogP contribution is -2.20. The number of carbonyl (C=O) groups excluding carboxylic acids is 2. The van der Waals surface area contributed by atoms with Gasteiger partial charge in [-0.25, -0.2) is 4.98 Å². The molecule has 96 valence electrons. The SMILES string of the molecule is CC(=O)c1nc(-c2ccc3c(c2)CC(=O)N3C)cs1. The van der Waals surface area contributed by atoms with E-state index in [1.807, 2.05) is 23.6 Å². The molecule has 0 saturated carbocycles. The normalized spacial score (nSPS) is 13.8. The van der Waals surface area contributed by atoms with Crippen molar-refractivity contribution in [2.45, 2.75) is 13.3 Å². The minimum Gasteiger partial charge on any atom is -0.315 e. The third-order valence-corrected chi connectivity index (χ3v) is 4.20. The molecule has 0 unspecified atom stereocenters. The summed E-state index contributed by atoms with van der Waals surface area (Å²) in [5, 5.41) is 2.39. The number of thiazole rings is 1. The standard InChI is InChI=1S/C14H12N2O2S/c1-8(17)14-15-11(7-19-14)9-3-4-12-10(5-9)6-13(18)16(12)2/h3-5,7H,6H2,1-2H3. The maximum atomic E-state index is 11.6. The second-order valence-electron chi connectivity index (χ2n) is 4.57. The number of hydrogen-bond donors (Lipinski definition) is 0. The number of nitrogens with zero attached hydrogens (tertiary/aromatic N) is 2. The van der Waals surface area contributed by atoms with Crippen LogP contribution in [-0.4, -0.2) is 23.7 Å². The van der Waals surface area contributed by atoms with Gasteiger partial charge in [-0.3, -0.25) is 9.59 Å². The maximum absolute atomic E-state index is 11.6. The molecule has 5 heteroatoms. The molecule has 0 bridgehead atoms. The Morgan fingerprint density at radius 1 is 1.42 bits per heavy atom. The number of Topliss-reactive ketones (excluding diaryl/α,β-unsaturated/α-hetero) is 1. The lowest BCUT2D eigenvalue weighted by atomic mass is 10.1. The molecule has 0 fully saturated rings. The Morgan fingerprint density at radius 2 is 2.21 bits per heavy atom. The molecule has 4 nitrogen and oxygen atoms in total. The minimum atomic E-state index is -0.0210. The predicted molar refractivity (Wildman–Crippen MR) is 74.7 cm³/mol. The molecule has 0 spiro atoms. The molecule has 3 rings (SSSR count). The Hall–Kier alpha value is -2.01. The van der Waals surface area contributed by atoms with Crippen LogP contribution in [0.15, 0.2) is 23.6 Å². The lowest BCUT2D eigenvalue weighted by molar-refractivity contribution is -0.117. The first kappa shape index (κ1) is 12.0. The molecule has 0 aliphatic carbocycles. The van der Waals surface area contributed by atoms with Crippen molar-refractivity contribution in [3.63, 3.8) is 0 Å². The summed E-state index contributed by atoms with van der Waals surface area (Å²) in [4.78, 5) is 28.9. The number of hydrogen-bond acceptors (Lipinski definition) is 4. The van der Waals surface area contributed by atoms with E-state index in [1.54, 1.807) is 11.9 Å². The summed E-state index contributed by atoms with van der Waals surface area (Å²) >= 11 is 1.35. The fraction of sp³-hybridized carbons (Fsp3) is 0.214. The number of benzene rings is 1. The van der Waals surface area contributed by atoms with E-state index in [0.717, 1.165) is 22.5 Å². The van der Waals surface area contributed by atoms with E-state index < -0.39 is 0 Å². The number of likely N-dealkylation sites (N-methyl/N-ethyl adjacent to an activating group) is 1. The summed E-state index contributed by atoms with van der Waals surface area (Å²) in [5.74, 6) is 0.0853. The number of fused-ring (bicyclic) bond motifs is 1. The van der Waals surface area contributed by atoms with Gasteiger partial charge in [0.2, 0.25) is 5.91 Å². The number of ketones is 1. The van der Waals surface area contributed by atoms with Crippen LogP contribution in [0.25, 0.3) is 11.3 Å². The van der Waals surface area contributed by atoms with E-state index in [0.29, 0.717) is 11.4 Å². The maximum Gasteiger partial charge on any atom is 0.231 e. The number of rotatable bonds is 2. The number of carbonyl (C=O) groups is 2. The van der Waals surface area contributed by atoms with E-state index in [-0.39, 0.29) is 11.7 Å². The summed E-state index contributed by atoms with van der Waals surface area (Å²) in [6.07, 6.45) is 0.434. The molecule has 1 aliphatic heterocycles. The Kier molecular flexibility index (Phi) is 2.71. The molecule has 0 radical (unpaired) electrons. The minimum absolute atomic E-state index is 0.0210. The van der Waals surface area contributed by atoms with Gasteiger partial charge in [0.1, 0.15) is 0 Å². The third-order valence-electron chi connectivity index (χ3n) is 3.26. The van der Waals surface area contributed by atoms with Crippen molar-refractivity contribution in [2.75, 3.05) is 11.9 Å². The third kappa shape index (κ3) is 1.96. The molecule has 19 heavy (non-hydrogen) atoms. The van der Waals surface area contributed by atoms with Crippen LogP contribution in [0.5, 0.6) is 0 Å². The zero-order chi connectivity index (χ0) is 13.6. The number of amides is 1. The van der Waals surface area contributed by atoms with Gasteiger partial charge in [-0.2, -0.15) is 0 Å². The summed E-state index contributed by atoms with van der Waals surface area (Å²) < 4.78 is 0. The molecule has 0 atom stereocenters. The van der Waals surface area contributed by atoms with Crippen molar-refractivity contribution in [1.29, 1.82) is 0 Å². The van der Waals surface area contributed by atoms with Crippen LogP contribution in [-0.2, 0) is 11.2 Å². The fourth-order valence-electron chi connectivity index (χ4n) is 2.20. The summed E-state index contributed by atoms with van der Waals surface area (Å²) in [5.41, 5.74) is 3.71. The molecule has 2 heterocycles. The summed E-state index contributed by atoms with van der Waals surface area (Å²) in [6.45, 7) is 1.51. The quantitative estimate of drug-likeness (QED) is 0.789. The van der Waals surface area contributed by atoms with Crippen LogP contribution in [0.1, 0.15) is 22.3 Å². The number of aromatic nitrogens is 1. The first-order valence-electron chi connectivity index (χ1n) is 5.92. The first-order chi connectivity index (χ1) is 9.06. The zero-order valence-corrected chi connectivity index (χ0v) is 11.5. The molecule has 0 N–H and O–H groups in total. The van der Waals surface area contributed by atoms with E-state index in [4.69, 9.17) is 0 Å². The van der Waals surface area contributed by atoms with Crippen LogP contribution >= 0.6 is 11.3 Å². The van der Waals surface area contributed by atoms with Gasteiger partial charge >= 0.3 is 0 Å². The molecule has 1 aliphatic rings. The highest BCUT2D eigenvalue weighted by Gasteiger charge is 2.24. The van der Waals surface area contributed by atoms with Gasteiger partial charge in [0.05, 0.1) is 12.1 Å². The van der Waals surface area contributed by atoms with Crippen LogP contribution in [0.2, 0.25) is 0 Å². The van der Waals surface area contributed by atoms with Crippen molar-refractivity contribution < 1.29 is 9.59 Å². The van der Waals surface area contributed by atoms with Gasteiger partial charge in [0.25, 0.3) is 0 Å². The van der Waals surface area contributed by atoms with Crippen molar-refractivity contribution in [3.8, 4) is 11.3 Å². The van der Waals surface area contributed by atoms with Crippen LogP contribution in [0.3, 0.4) is 0 Å². The highest BCUT2D eigenvalue weighted by Crippen LogP contribution is 2.32. The lowest BCUT2D eigenvalue weighted by Gasteiger charge is -2.09. The summed E-state index contributed by atoms with van der Waals surface area (Å²) in [7, 11) is 1.78. The highest BCUT2D eigenvalue weighted by atomic mass is 32.1. The van der Waals surface area contributed by atoms with Crippen molar-refractivity contribution in [2.24, 2.45) is 0 Å². The van der Waals surface area contributed by atoms with Gasteiger partial charge in [-0.1, -0.05) is 6.07 Å². The van der Waals surface area contributed by atoms with E-state index in [2.05, 4.69) is 4.98 Å². The van der Waals surface area contributed by atoms with Crippen LogP contribution in [0, 0.1) is 0 Å². The van der Waals surface area contributed by atoms with Crippen LogP contribution in [0.4, 0.5) is 5.69 Å². The number of anilines is 1. The smallest absolute Gasteiger partial charge is 0.231 e. The largest absolute Gasteiger partial charge is 0.315 e. The van der Waals surface area contributed by atoms with E-state index in [9.17, 15) is 9.59 Å². The molecular formula is C14H12N2O2S. The Labute approximate surface area is 114 Å². The second kappa shape index (κ2) is 4.28. The van der Waals surface area contributed by atoms with Crippen molar-refractivity contribution in [3.05, 3.63) is 34.2 Å². The van der Waals surface area contributed by atoms with Gasteiger partial charge < -0.3 is 4.90 Å². The van der Waals surface area contributed by atoms with Crippen molar-refractivity contribution in [1.82, 2.24) is 4.98 Å². The highest BCUT2D eigenvalue weighted by molar-refractivity contribution is 7.12. The Bertz CT molecular complexity index is 691. The molecule has 2 aromatic rings. The average molecular weight is 272 g/mol. The Morgan fingerprint density at radius 3 is 2.89 bits per heavy atom. The van der Waals surface area contributed by atoms with E-state index in [1.165, 1.54) is 18.3 Å². The molecule has 1 aromatic heterocycles. The predicted octanol–water partition coefficient (Wildman–Crippen LogP) is 2.53. The molecule has 1 aromatic carbocycles.